The van der Waals surface area contributed by atoms with Crippen molar-refractivity contribution in [2.75, 3.05) is 18.4 Å². The van der Waals surface area contributed by atoms with Gasteiger partial charge in [0.05, 0.1) is 18.1 Å². The average molecular weight is 224 g/mol. The number of carbonyl (C=O) groups excluding carboxylic acids is 1. The third-order valence-electron chi connectivity index (χ3n) is 1.53. The first kappa shape index (κ1) is 11.5. The molecule has 1 heterocycles. The fourth-order valence-corrected chi connectivity index (χ4v) is 1.07. The Hall–Kier alpha value is -1.57. The van der Waals surface area contributed by atoms with Crippen LogP contribution < -0.4 is 10.6 Å². The summed E-state index contributed by atoms with van der Waals surface area (Å²) in [5.41, 5.74) is 0. The molecule has 1 aromatic heterocycles. The fraction of sp³-hybridized carbons (Fsp3) is 0.200. The molecule has 1 amide bonds. The van der Waals surface area contributed by atoms with Crippen molar-refractivity contribution in [1.82, 2.24) is 10.3 Å². The third kappa shape index (κ3) is 3.98. The highest BCUT2D eigenvalue weighted by molar-refractivity contribution is 6.33. The molecule has 0 bridgehead atoms. The Morgan fingerprint density at radius 2 is 2.47 bits per heavy atom. The van der Waals surface area contributed by atoms with Gasteiger partial charge < -0.3 is 5.32 Å². The molecule has 0 spiro atoms. The van der Waals surface area contributed by atoms with E-state index >= 15 is 0 Å². The molecule has 78 valence electrons. The van der Waals surface area contributed by atoms with Crippen molar-refractivity contribution < 1.29 is 4.79 Å². The van der Waals surface area contributed by atoms with E-state index in [0.29, 0.717) is 17.4 Å². The van der Waals surface area contributed by atoms with Gasteiger partial charge in [0.1, 0.15) is 0 Å². The van der Waals surface area contributed by atoms with E-state index in [-0.39, 0.29) is 12.5 Å². The summed E-state index contributed by atoms with van der Waals surface area (Å²) >= 11 is 5.80. The number of terminal acetylenes is 1. The monoisotopic (exact) mass is 223 g/mol. The van der Waals surface area contributed by atoms with Gasteiger partial charge in [-0.15, -0.1) is 6.42 Å². The zero-order chi connectivity index (χ0) is 11.1. The summed E-state index contributed by atoms with van der Waals surface area (Å²) in [5.74, 6) is 2.49. The van der Waals surface area contributed by atoms with Gasteiger partial charge in [0.2, 0.25) is 5.91 Å². The first-order chi connectivity index (χ1) is 7.24. The van der Waals surface area contributed by atoms with Crippen LogP contribution in [-0.4, -0.2) is 24.0 Å². The van der Waals surface area contributed by atoms with Crippen LogP contribution in [0.2, 0.25) is 5.02 Å². The number of aromatic nitrogens is 1. The Bertz CT molecular complexity index is 386. The summed E-state index contributed by atoms with van der Waals surface area (Å²) in [5, 5.41) is 5.72. The predicted octanol–water partition coefficient (Wildman–Crippen LogP) is 0.896. The van der Waals surface area contributed by atoms with Crippen LogP contribution in [0.15, 0.2) is 18.3 Å². The van der Waals surface area contributed by atoms with Crippen molar-refractivity contribution in [2.45, 2.75) is 0 Å². The molecule has 1 rings (SSSR count). The highest BCUT2D eigenvalue weighted by Gasteiger charge is 2.04. The van der Waals surface area contributed by atoms with Gasteiger partial charge in [-0.05, 0) is 12.1 Å². The Balaban J connectivity index is 2.45. The number of hydrogen-bond acceptors (Lipinski definition) is 3. The van der Waals surface area contributed by atoms with Crippen LogP contribution >= 0.6 is 11.6 Å². The smallest absolute Gasteiger partial charge is 0.239 e. The number of nitrogens with one attached hydrogen (secondary N) is 2. The summed E-state index contributed by atoms with van der Waals surface area (Å²) in [6, 6.07) is 3.34. The van der Waals surface area contributed by atoms with Crippen molar-refractivity contribution in [1.29, 1.82) is 0 Å². The first-order valence-electron chi connectivity index (χ1n) is 4.28. The van der Waals surface area contributed by atoms with E-state index in [1.165, 1.54) is 0 Å². The largest absolute Gasteiger partial charge is 0.308 e. The lowest BCUT2D eigenvalue weighted by Gasteiger charge is -2.05. The standard InChI is InChI=1S/C10H10ClN3O/c1-2-5-12-7-9(15)14-10-8(11)4-3-6-13-10/h1,3-4,6,12H,5,7H2,(H,13,14,15). The van der Waals surface area contributed by atoms with Crippen LogP contribution in [0.5, 0.6) is 0 Å². The quantitative estimate of drug-likeness (QED) is 0.589. The number of hydrogen-bond donors (Lipinski definition) is 2. The molecular weight excluding hydrogens is 214 g/mol. The van der Waals surface area contributed by atoms with E-state index in [1.807, 2.05) is 0 Å². The second kappa shape index (κ2) is 6.02. The van der Waals surface area contributed by atoms with Gasteiger partial charge in [-0.3, -0.25) is 10.1 Å². The van der Waals surface area contributed by atoms with Crippen molar-refractivity contribution in [3.05, 3.63) is 23.4 Å². The average Bonchev–Trinajstić information content (AvgIpc) is 2.22. The van der Waals surface area contributed by atoms with Gasteiger partial charge in [0, 0.05) is 6.20 Å². The van der Waals surface area contributed by atoms with Crippen molar-refractivity contribution in [3.63, 3.8) is 0 Å². The normalized spacial score (nSPS) is 9.33. The summed E-state index contributed by atoms with van der Waals surface area (Å²) in [6.45, 7) is 0.487. The predicted molar refractivity (Wildman–Crippen MR) is 59.6 cm³/mol. The summed E-state index contributed by atoms with van der Waals surface area (Å²) < 4.78 is 0. The first-order valence-corrected chi connectivity index (χ1v) is 4.66. The molecule has 5 heteroatoms. The Morgan fingerprint density at radius 1 is 1.67 bits per heavy atom. The number of pyridine rings is 1. The van der Waals surface area contributed by atoms with E-state index < -0.39 is 0 Å². The molecule has 15 heavy (non-hydrogen) atoms. The molecule has 0 saturated carbocycles. The summed E-state index contributed by atoms with van der Waals surface area (Å²) in [6.07, 6.45) is 6.57. The van der Waals surface area contributed by atoms with E-state index in [0.717, 1.165) is 0 Å². The molecule has 0 aliphatic carbocycles. The van der Waals surface area contributed by atoms with Gasteiger partial charge in [-0.25, -0.2) is 4.98 Å². The van der Waals surface area contributed by atoms with E-state index in [1.54, 1.807) is 18.3 Å². The van der Waals surface area contributed by atoms with Gasteiger partial charge in [-0.2, -0.15) is 0 Å². The second-order valence-corrected chi connectivity index (χ2v) is 3.10. The van der Waals surface area contributed by atoms with Crippen LogP contribution in [0, 0.1) is 12.3 Å². The maximum atomic E-state index is 11.3. The lowest BCUT2D eigenvalue weighted by atomic mass is 10.4. The molecule has 0 fully saturated rings. The number of amides is 1. The lowest BCUT2D eigenvalue weighted by molar-refractivity contribution is -0.115. The fourth-order valence-electron chi connectivity index (χ4n) is 0.902. The summed E-state index contributed by atoms with van der Waals surface area (Å²) in [4.78, 5) is 15.2. The van der Waals surface area contributed by atoms with Crippen molar-refractivity contribution in [2.24, 2.45) is 0 Å². The number of nitrogens with zero attached hydrogens (tertiary/aromatic N) is 1. The molecule has 4 nitrogen and oxygen atoms in total. The highest BCUT2D eigenvalue weighted by atomic mass is 35.5. The molecule has 0 aliphatic rings. The molecule has 2 N–H and O–H groups in total. The van der Waals surface area contributed by atoms with Crippen molar-refractivity contribution in [3.8, 4) is 12.3 Å². The van der Waals surface area contributed by atoms with Gasteiger partial charge in [-0.1, -0.05) is 17.5 Å². The highest BCUT2D eigenvalue weighted by Crippen LogP contribution is 2.16. The minimum absolute atomic E-state index is 0.136. The number of rotatable bonds is 4. The maximum Gasteiger partial charge on any atom is 0.239 e. The molecule has 1 aromatic rings. The van der Waals surface area contributed by atoms with E-state index in [2.05, 4.69) is 21.5 Å². The zero-order valence-corrected chi connectivity index (χ0v) is 8.71. The third-order valence-corrected chi connectivity index (χ3v) is 1.83. The van der Waals surface area contributed by atoms with E-state index in [9.17, 15) is 4.79 Å². The number of halogens is 1. The van der Waals surface area contributed by atoms with Crippen LogP contribution in [0.25, 0.3) is 0 Å². The lowest BCUT2D eigenvalue weighted by Crippen LogP contribution is -2.28. The van der Waals surface area contributed by atoms with Gasteiger partial charge >= 0.3 is 0 Å². The minimum atomic E-state index is -0.231. The van der Waals surface area contributed by atoms with Crippen LogP contribution in [0.3, 0.4) is 0 Å². The van der Waals surface area contributed by atoms with Crippen LogP contribution in [-0.2, 0) is 4.79 Å². The maximum absolute atomic E-state index is 11.3. The second-order valence-electron chi connectivity index (χ2n) is 2.69. The number of anilines is 1. The van der Waals surface area contributed by atoms with E-state index in [4.69, 9.17) is 18.0 Å². The van der Waals surface area contributed by atoms with Crippen LogP contribution in [0.1, 0.15) is 0 Å². The number of carbonyl (C=O) groups is 1. The molecular formula is C10H10ClN3O. The molecule has 0 radical (unpaired) electrons. The molecule has 0 atom stereocenters. The topological polar surface area (TPSA) is 54.0 Å². The Kier molecular flexibility index (Phi) is 4.61. The summed E-state index contributed by atoms with van der Waals surface area (Å²) in [7, 11) is 0. The van der Waals surface area contributed by atoms with Crippen molar-refractivity contribution >= 4 is 23.3 Å². The van der Waals surface area contributed by atoms with Gasteiger partial charge in [0.25, 0.3) is 0 Å². The Morgan fingerprint density at radius 3 is 3.13 bits per heavy atom. The molecule has 0 saturated heterocycles. The Labute approximate surface area is 93.0 Å². The van der Waals surface area contributed by atoms with Crippen LogP contribution in [0.4, 0.5) is 5.82 Å². The minimum Gasteiger partial charge on any atom is -0.308 e. The molecule has 0 aliphatic heterocycles. The zero-order valence-electron chi connectivity index (χ0n) is 7.96. The van der Waals surface area contributed by atoms with Gasteiger partial charge in [0.15, 0.2) is 5.82 Å². The SMILES string of the molecule is C#CCNCC(=O)Nc1ncccc1Cl. The molecule has 0 aromatic carbocycles. The molecule has 0 unspecified atom stereocenters.